The standard InChI is InChI=1S/C68H92N6O6/c1-5-21-49(3)64(76)70-63(56-28-17-10-18-29-56)68(80)74-43-20-31-60(74)48-72(45-41-52-24-13-8-14-25-52)66(78)58-38-34-54(35-39-58)53-32-36-57(37-33-53)65(77)71(44-40-51-22-11-7-12-23-51)47-59-30-19-42-73(59)67(79)61(55-26-15-9-16-27-55)46-62(75)50(4)69-6-2/h7-8,11-14,22-25,32-39,49-50,55-56,59-61,63,69H,5-6,9-10,15-21,26-31,40-48H2,1-4H3,(H,70,76)/t49-,50+,59+,60+,61+,63+/m1/s1. The molecular weight excluding hydrogens is 997 g/mol. The summed E-state index contributed by atoms with van der Waals surface area (Å²) in [6, 6.07) is 34.7. The molecule has 8 rings (SSSR count). The van der Waals surface area contributed by atoms with Crippen LogP contribution in [0.25, 0.3) is 11.1 Å². The number of rotatable bonds is 26. The number of benzene rings is 4. The Bertz CT molecular complexity index is 2430. The molecule has 12 heteroatoms. The molecule has 0 radical (unpaired) electrons. The lowest BCUT2D eigenvalue weighted by Crippen LogP contribution is -2.56. The summed E-state index contributed by atoms with van der Waals surface area (Å²) in [5.74, 6) is -0.252. The van der Waals surface area contributed by atoms with Crippen molar-refractivity contribution in [1.29, 1.82) is 0 Å². The molecule has 4 aliphatic rings. The second-order valence-electron chi connectivity index (χ2n) is 23.8. The number of amides is 5. The number of Topliss-reactive ketones (excluding diaryl/α,β-unsaturated/α-hetero) is 1. The number of ketones is 1. The van der Waals surface area contributed by atoms with Crippen molar-refractivity contribution in [2.24, 2.45) is 23.7 Å². The van der Waals surface area contributed by atoms with Gasteiger partial charge in [-0.3, -0.25) is 28.8 Å². The van der Waals surface area contributed by atoms with E-state index in [0.29, 0.717) is 69.8 Å². The van der Waals surface area contributed by atoms with Gasteiger partial charge in [-0.2, -0.15) is 0 Å². The number of nitrogens with one attached hydrogen (secondary N) is 2. The highest BCUT2D eigenvalue weighted by molar-refractivity contribution is 5.96. The topological polar surface area (TPSA) is 139 Å². The average Bonchev–Trinajstić information content (AvgIpc) is 4.18. The molecule has 2 aliphatic heterocycles. The van der Waals surface area contributed by atoms with Crippen LogP contribution >= 0.6 is 0 Å². The van der Waals surface area contributed by atoms with E-state index in [1.54, 1.807) is 0 Å². The van der Waals surface area contributed by atoms with E-state index in [-0.39, 0.29) is 83.5 Å². The molecule has 0 unspecified atom stereocenters. The van der Waals surface area contributed by atoms with Gasteiger partial charge in [0.25, 0.3) is 11.8 Å². The van der Waals surface area contributed by atoms with Crippen LogP contribution in [0.4, 0.5) is 0 Å². The highest BCUT2D eigenvalue weighted by Crippen LogP contribution is 2.36. The van der Waals surface area contributed by atoms with Crippen LogP contribution in [0, 0.1) is 23.7 Å². The van der Waals surface area contributed by atoms with Gasteiger partial charge in [0.05, 0.1) is 6.04 Å². The molecule has 430 valence electrons. The molecule has 2 heterocycles. The summed E-state index contributed by atoms with van der Waals surface area (Å²) in [7, 11) is 0. The molecular formula is C68H92N6O6. The SMILES string of the molecule is CCC[C@@H](C)C(=O)N[C@H](C(=O)N1CCC[C@H]1CN(CCc1ccccc1)C(=O)c1ccc(-c2ccc(C(=O)N(CCc3ccccc3)C[C@@H]3CCCN3C(=O)[C@@H](CC(=O)[C@H](C)NCC)C3CCCCC3)cc2)cc1)C1CCCCC1. The third kappa shape index (κ3) is 16.1. The summed E-state index contributed by atoms with van der Waals surface area (Å²) in [4.78, 5) is 93.8. The van der Waals surface area contributed by atoms with Crippen molar-refractivity contribution < 1.29 is 28.8 Å². The first-order valence-electron chi connectivity index (χ1n) is 31.0. The molecule has 12 nitrogen and oxygen atoms in total. The molecule has 80 heavy (non-hydrogen) atoms. The van der Waals surface area contributed by atoms with E-state index in [9.17, 15) is 28.8 Å². The Morgan fingerprint density at radius 1 is 0.550 bits per heavy atom. The predicted octanol–water partition coefficient (Wildman–Crippen LogP) is 11.4. The van der Waals surface area contributed by atoms with Crippen molar-refractivity contribution in [3.8, 4) is 11.1 Å². The van der Waals surface area contributed by atoms with Crippen LogP contribution in [-0.4, -0.2) is 125 Å². The first-order chi connectivity index (χ1) is 38.9. The van der Waals surface area contributed by atoms with Crippen LogP contribution in [0.5, 0.6) is 0 Å². The molecule has 6 atom stereocenters. The lowest BCUT2D eigenvalue weighted by atomic mass is 9.76. The smallest absolute Gasteiger partial charge is 0.253 e. The van der Waals surface area contributed by atoms with E-state index in [1.165, 1.54) is 6.42 Å². The molecule has 0 aromatic heterocycles. The van der Waals surface area contributed by atoms with E-state index in [4.69, 9.17) is 0 Å². The predicted molar refractivity (Wildman–Crippen MR) is 319 cm³/mol. The van der Waals surface area contributed by atoms with Gasteiger partial charge in [-0.05, 0) is 142 Å². The minimum Gasteiger partial charge on any atom is -0.344 e. The van der Waals surface area contributed by atoms with Crippen LogP contribution in [0.2, 0.25) is 0 Å². The summed E-state index contributed by atoms with van der Waals surface area (Å²) in [5, 5.41) is 6.51. The van der Waals surface area contributed by atoms with Crippen LogP contribution in [0.1, 0.15) is 169 Å². The second-order valence-corrected chi connectivity index (χ2v) is 23.8. The largest absolute Gasteiger partial charge is 0.344 e. The van der Waals surface area contributed by atoms with Crippen molar-refractivity contribution in [3.63, 3.8) is 0 Å². The average molecular weight is 1090 g/mol. The fourth-order valence-electron chi connectivity index (χ4n) is 13.4. The molecule has 2 saturated heterocycles. The Morgan fingerprint density at radius 2 is 1.01 bits per heavy atom. The summed E-state index contributed by atoms with van der Waals surface area (Å²) in [5.41, 5.74) is 5.24. The van der Waals surface area contributed by atoms with Gasteiger partial charge in [-0.25, -0.2) is 0 Å². The second kappa shape index (κ2) is 30.1. The van der Waals surface area contributed by atoms with Gasteiger partial charge in [-0.1, -0.05) is 151 Å². The Balaban J connectivity index is 0.968. The lowest BCUT2D eigenvalue weighted by Gasteiger charge is -2.37. The zero-order valence-corrected chi connectivity index (χ0v) is 48.6. The minimum absolute atomic E-state index is 0.00460. The molecule has 2 N–H and O–H groups in total. The lowest BCUT2D eigenvalue weighted by molar-refractivity contribution is -0.141. The third-order valence-electron chi connectivity index (χ3n) is 18.2. The molecule has 2 saturated carbocycles. The van der Waals surface area contributed by atoms with Crippen LogP contribution in [0.15, 0.2) is 109 Å². The molecule has 4 aromatic rings. The summed E-state index contributed by atoms with van der Waals surface area (Å²) >= 11 is 0. The summed E-state index contributed by atoms with van der Waals surface area (Å²) < 4.78 is 0. The van der Waals surface area contributed by atoms with Gasteiger partial charge >= 0.3 is 0 Å². The summed E-state index contributed by atoms with van der Waals surface area (Å²) in [6.07, 6.45) is 17.0. The monoisotopic (exact) mass is 1090 g/mol. The van der Waals surface area contributed by atoms with Crippen LogP contribution in [0.3, 0.4) is 0 Å². The number of nitrogens with zero attached hydrogens (tertiary/aromatic N) is 4. The Labute approximate surface area is 478 Å². The van der Waals surface area contributed by atoms with Crippen molar-refractivity contribution in [2.45, 2.75) is 174 Å². The van der Waals surface area contributed by atoms with Crippen molar-refractivity contribution >= 4 is 35.3 Å². The van der Waals surface area contributed by atoms with Gasteiger partial charge in [0, 0.05) is 80.7 Å². The number of likely N-dealkylation sites (N-methyl/N-ethyl adjacent to an activating group) is 1. The minimum atomic E-state index is -0.555. The normalized spacial score (nSPS) is 19.4. The highest BCUT2D eigenvalue weighted by Gasteiger charge is 2.42. The number of hydrogen-bond acceptors (Lipinski definition) is 7. The van der Waals surface area contributed by atoms with Crippen LogP contribution in [-0.2, 0) is 32.0 Å². The first kappa shape index (κ1) is 60.0. The quantitative estimate of drug-likeness (QED) is 0.0638. The van der Waals surface area contributed by atoms with Crippen LogP contribution < -0.4 is 10.6 Å². The Hall–Kier alpha value is -6.14. The van der Waals surface area contributed by atoms with E-state index in [0.717, 1.165) is 119 Å². The zero-order valence-electron chi connectivity index (χ0n) is 48.6. The zero-order chi connectivity index (χ0) is 56.4. The van der Waals surface area contributed by atoms with Gasteiger partial charge < -0.3 is 30.2 Å². The Kier molecular flexibility index (Phi) is 22.5. The van der Waals surface area contributed by atoms with Gasteiger partial charge in [0.1, 0.15) is 11.8 Å². The third-order valence-corrected chi connectivity index (χ3v) is 18.2. The summed E-state index contributed by atoms with van der Waals surface area (Å²) in [6.45, 7) is 11.7. The highest BCUT2D eigenvalue weighted by atomic mass is 16.2. The van der Waals surface area contributed by atoms with Gasteiger partial charge in [0.15, 0.2) is 0 Å². The molecule has 4 fully saturated rings. The van der Waals surface area contributed by atoms with E-state index in [1.807, 2.05) is 125 Å². The van der Waals surface area contributed by atoms with Crippen molar-refractivity contribution in [1.82, 2.24) is 30.2 Å². The maximum atomic E-state index is 14.8. The fourth-order valence-corrected chi connectivity index (χ4v) is 13.4. The molecule has 5 amide bonds. The molecule has 4 aromatic carbocycles. The number of carbonyl (C=O) groups is 6. The molecule has 2 aliphatic carbocycles. The van der Waals surface area contributed by atoms with E-state index in [2.05, 4.69) is 41.8 Å². The maximum Gasteiger partial charge on any atom is 0.253 e. The van der Waals surface area contributed by atoms with Crippen molar-refractivity contribution in [2.75, 3.05) is 45.8 Å². The van der Waals surface area contributed by atoms with Gasteiger partial charge in [-0.15, -0.1) is 0 Å². The number of hydrogen-bond donors (Lipinski definition) is 2. The fraction of sp³-hybridized carbons (Fsp3) is 0.559. The maximum absolute atomic E-state index is 14.8. The first-order valence-corrected chi connectivity index (χ1v) is 31.0. The molecule has 0 bridgehead atoms. The van der Waals surface area contributed by atoms with E-state index < -0.39 is 6.04 Å². The van der Waals surface area contributed by atoms with Gasteiger partial charge in [0.2, 0.25) is 17.7 Å². The molecule has 0 spiro atoms. The van der Waals surface area contributed by atoms with E-state index >= 15 is 0 Å². The van der Waals surface area contributed by atoms with Crippen molar-refractivity contribution in [3.05, 3.63) is 131 Å². The Morgan fingerprint density at radius 3 is 1.48 bits per heavy atom. The number of carbonyl (C=O) groups excluding carboxylic acids is 6. The number of likely N-dealkylation sites (tertiary alicyclic amines) is 2.